The van der Waals surface area contributed by atoms with E-state index in [-0.39, 0.29) is 0 Å². The Hall–Kier alpha value is -1.37. The Morgan fingerprint density at radius 1 is 1.43 bits per heavy atom. The van der Waals surface area contributed by atoms with Gasteiger partial charge in [0.25, 0.3) is 0 Å². The third kappa shape index (κ3) is 3.45. The number of nitrogens with one attached hydrogen (secondary N) is 1. The number of carboxylic acids is 1. The maximum absolute atomic E-state index is 11.7. The third-order valence-corrected chi connectivity index (χ3v) is 3.93. The smallest absolute Gasteiger partial charge is 0.331 e. The first kappa shape index (κ1) is 16.0. The highest BCUT2D eigenvalue weighted by Crippen LogP contribution is 2.30. The predicted octanol–water partition coefficient (Wildman–Crippen LogP) is 2.65. The molecule has 1 aromatic heterocycles. The lowest BCUT2D eigenvalue weighted by Gasteiger charge is -2.25. The lowest BCUT2D eigenvalue weighted by atomic mass is 9.99. The molecule has 0 aliphatic heterocycles. The van der Waals surface area contributed by atoms with Gasteiger partial charge >= 0.3 is 5.97 Å². The summed E-state index contributed by atoms with van der Waals surface area (Å²) in [7, 11) is 3.89. The van der Waals surface area contributed by atoms with Crippen LogP contribution in [0, 0.1) is 0 Å². The van der Waals surface area contributed by atoms with Crippen molar-refractivity contribution in [2.24, 2.45) is 0 Å². The molecular formula is C15H19BrN2O3. The molecule has 1 atom stereocenters. The molecule has 2 rings (SSSR count). The summed E-state index contributed by atoms with van der Waals surface area (Å²) >= 11 is 3.40. The Morgan fingerprint density at radius 3 is 2.76 bits per heavy atom. The van der Waals surface area contributed by atoms with Crippen LogP contribution < -0.4 is 5.32 Å². The van der Waals surface area contributed by atoms with Gasteiger partial charge in [-0.1, -0.05) is 15.9 Å². The number of likely N-dealkylation sites (N-methyl/N-ethyl adjacent to an activating group) is 1. The van der Waals surface area contributed by atoms with Crippen molar-refractivity contribution >= 4 is 32.9 Å². The van der Waals surface area contributed by atoms with Crippen molar-refractivity contribution in [2.75, 3.05) is 27.2 Å². The number of hydrogen-bond donors (Lipinski definition) is 2. The van der Waals surface area contributed by atoms with Crippen LogP contribution in [0.4, 0.5) is 0 Å². The van der Waals surface area contributed by atoms with Crippen LogP contribution in [0.25, 0.3) is 11.0 Å². The van der Waals surface area contributed by atoms with Crippen LogP contribution in [0.3, 0.4) is 0 Å². The van der Waals surface area contributed by atoms with Crippen LogP contribution in [0.5, 0.6) is 0 Å². The molecule has 0 amide bonds. The molecular weight excluding hydrogens is 336 g/mol. The average Bonchev–Trinajstić information content (AvgIpc) is 2.81. The molecule has 0 bridgehead atoms. The van der Waals surface area contributed by atoms with Crippen LogP contribution in [0.15, 0.2) is 33.2 Å². The summed E-state index contributed by atoms with van der Waals surface area (Å²) in [5, 5.41) is 13.5. The number of fused-ring (bicyclic) bond motifs is 1. The molecule has 6 heteroatoms. The van der Waals surface area contributed by atoms with Crippen LogP contribution in [0.2, 0.25) is 0 Å². The molecule has 0 radical (unpaired) electrons. The normalized spacial score (nSPS) is 14.5. The molecule has 0 saturated carbocycles. The van der Waals surface area contributed by atoms with Gasteiger partial charge < -0.3 is 14.4 Å². The van der Waals surface area contributed by atoms with Crippen molar-refractivity contribution in [3.63, 3.8) is 0 Å². The predicted molar refractivity (Wildman–Crippen MR) is 85.5 cm³/mol. The molecule has 1 heterocycles. The lowest BCUT2D eigenvalue weighted by molar-refractivity contribution is -0.145. The number of furan rings is 1. The van der Waals surface area contributed by atoms with Crippen LogP contribution in [0.1, 0.15) is 12.7 Å². The molecule has 114 valence electrons. The maximum atomic E-state index is 11.7. The molecule has 21 heavy (non-hydrogen) atoms. The molecule has 5 nitrogen and oxygen atoms in total. The standard InChI is InChI=1S/C15H19BrN2O3/c1-15(14(19)20,17-6-7-18(2)3)13-9-10-8-11(16)4-5-12(10)21-13/h4-5,8-9,17H,6-7H2,1-3H3,(H,19,20). The number of nitrogens with zero attached hydrogens (tertiary/aromatic N) is 1. The van der Waals surface area contributed by atoms with Gasteiger partial charge in [-0.15, -0.1) is 0 Å². The van der Waals surface area contributed by atoms with Gasteiger partial charge in [0, 0.05) is 22.9 Å². The second-order valence-corrected chi connectivity index (χ2v) is 6.37. The number of benzene rings is 1. The van der Waals surface area contributed by atoms with Crippen molar-refractivity contribution in [3.8, 4) is 0 Å². The summed E-state index contributed by atoms with van der Waals surface area (Å²) in [6, 6.07) is 7.37. The quantitative estimate of drug-likeness (QED) is 0.834. The highest BCUT2D eigenvalue weighted by Gasteiger charge is 2.38. The van der Waals surface area contributed by atoms with Gasteiger partial charge in [-0.3, -0.25) is 5.32 Å². The van der Waals surface area contributed by atoms with Gasteiger partial charge in [0.1, 0.15) is 11.3 Å². The summed E-state index contributed by atoms with van der Waals surface area (Å²) in [5.74, 6) is -0.554. The molecule has 1 aromatic carbocycles. The Labute approximate surface area is 132 Å². The van der Waals surface area contributed by atoms with E-state index in [1.165, 1.54) is 0 Å². The first-order valence-electron chi connectivity index (χ1n) is 6.65. The SMILES string of the molecule is CN(C)CCNC(C)(C(=O)O)c1cc2cc(Br)ccc2o1. The molecule has 0 saturated heterocycles. The molecule has 2 N–H and O–H groups in total. The summed E-state index contributed by atoms with van der Waals surface area (Å²) in [6.45, 7) is 2.92. The minimum absolute atomic E-state index is 0.404. The highest BCUT2D eigenvalue weighted by atomic mass is 79.9. The van der Waals surface area contributed by atoms with E-state index in [0.29, 0.717) is 17.9 Å². The van der Waals surface area contributed by atoms with E-state index in [1.54, 1.807) is 13.0 Å². The lowest BCUT2D eigenvalue weighted by Crippen LogP contribution is -2.48. The van der Waals surface area contributed by atoms with Crippen molar-refractivity contribution in [1.29, 1.82) is 0 Å². The fraction of sp³-hybridized carbons (Fsp3) is 0.400. The van der Waals surface area contributed by atoms with Crippen LogP contribution in [-0.2, 0) is 10.3 Å². The van der Waals surface area contributed by atoms with Crippen molar-refractivity contribution in [2.45, 2.75) is 12.5 Å². The number of carboxylic acid groups (broad SMARTS) is 1. The molecule has 1 unspecified atom stereocenters. The Kier molecular flexibility index (Phi) is 4.70. The van der Waals surface area contributed by atoms with E-state index in [4.69, 9.17) is 4.42 Å². The van der Waals surface area contributed by atoms with E-state index in [1.807, 2.05) is 37.2 Å². The summed E-state index contributed by atoms with van der Waals surface area (Å²) in [5.41, 5.74) is -0.573. The minimum atomic E-state index is -1.25. The average molecular weight is 355 g/mol. The van der Waals surface area contributed by atoms with Gasteiger partial charge in [-0.25, -0.2) is 4.79 Å². The number of rotatable bonds is 6. The van der Waals surface area contributed by atoms with E-state index in [2.05, 4.69) is 21.2 Å². The molecule has 0 aliphatic rings. The zero-order valence-electron chi connectivity index (χ0n) is 12.3. The van der Waals surface area contributed by atoms with Crippen molar-refractivity contribution < 1.29 is 14.3 Å². The van der Waals surface area contributed by atoms with Gasteiger partial charge in [0.05, 0.1) is 0 Å². The van der Waals surface area contributed by atoms with E-state index in [0.717, 1.165) is 16.4 Å². The van der Waals surface area contributed by atoms with Crippen LogP contribution >= 0.6 is 15.9 Å². The van der Waals surface area contributed by atoms with E-state index < -0.39 is 11.5 Å². The summed E-state index contributed by atoms with van der Waals surface area (Å²) < 4.78 is 6.66. The molecule has 0 spiro atoms. The molecule has 0 fully saturated rings. The third-order valence-electron chi connectivity index (χ3n) is 3.44. The number of aliphatic carboxylic acids is 1. The van der Waals surface area contributed by atoms with Gasteiger partial charge in [-0.2, -0.15) is 0 Å². The van der Waals surface area contributed by atoms with Gasteiger partial charge in [0.15, 0.2) is 5.54 Å². The Balaban J connectivity index is 2.32. The number of halogens is 1. The fourth-order valence-corrected chi connectivity index (χ4v) is 2.44. The van der Waals surface area contributed by atoms with E-state index >= 15 is 0 Å². The van der Waals surface area contributed by atoms with Crippen molar-refractivity contribution in [3.05, 3.63) is 34.5 Å². The first-order chi connectivity index (χ1) is 9.83. The first-order valence-corrected chi connectivity index (χ1v) is 7.45. The second kappa shape index (κ2) is 6.17. The highest BCUT2D eigenvalue weighted by molar-refractivity contribution is 9.10. The Morgan fingerprint density at radius 2 is 2.14 bits per heavy atom. The minimum Gasteiger partial charge on any atom is -0.480 e. The largest absolute Gasteiger partial charge is 0.480 e. The number of hydrogen-bond acceptors (Lipinski definition) is 4. The fourth-order valence-electron chi connectivity index (χ4n) is 2.06. The van der Waals surface area contributed by atoms with Gasteiger partial charge in [-0.05, 0) is 45.3 Å². The summed E-state index contributed by atoms with van der Waals surface area (Å²) in [6.07, 6.45) is 0. The Bertz CT molecular complexity index is 653. The molecule has 0 aliphatic carbocycles. The summed E-state index contributed by atoms with van der Waals surface area (Å²) in [4.78, 5) is 13.7. The zero-order valence-corrected chi connectivity index (χ0v) is 13.9. The van der Waals surface area contributed by atoms with Crippen LogP contribution in [-0.4, -0.2) is 43.2 Å². The number of carbonyl (C=O) groups is 1. The molecule has 2 aromatic rings. The van der Waals surface area contributed by atoms with E-state index in [9.17, 15) is 9.90 Å². The monoisotopic (exact) mass is 354 g/mol. The maximum Gasteiger partial charge on any atom is 0.331 e. The zero-order chi connectivity index (χ0) is 15.6. The second-order valence-electron chi connectivity index (χ2n) is 5.45. The van der Waals surface area contributed by atoms with Crippen molar-refractivity contribution in [1.82, 2.24) is 10.2 Å². The van der Waals surface area contributed by atoms with Gasteiger partial charge in [0.2, 0.25) is 0 Å². The topological polar surface area (TPSA) is 65.7 Å².